The van der Waals surface area contributed by atoms with E-state index in [0.717, 1.165) is 24.8 Å². The minimum atomic E-state index is -0.371. The van der Waals surface area contributed by atoms with Gasteiger partial charge >= 0.3 is 0 Å². The molecule has 3 heteroatoms. The third kappa shape index (κ3) is 4.27. The van der Waals surface area contributed by atoms with Crippen molar-refractivity contribution in [3.63, 3.8) is 0 Å². The molecular formula is C16H23F2N. The fourth-order valence-electron chi connectivity index (χ4n) is 3.00. The van der Waals surface area contributed by atoms with E-state index < -0.39 is 0 Å². The highest BCUT2D eigenvalue weighted by atomic mass is 19.1. The van der Waals surface area contributed by atoms with Crippen LogP contribution in [0.2, 0.25) is 0 Å². The normalized spacial score (nSPS) is 23.5. The maximum absolute atomic E-state index is 13.5. The molecule has 0 amide bonds. The molecule has 2 rings (SSSR count). The first-order valence-corrected chi connectivity index (χ1v) is 7.36. The van der Waals surface area contributed by atoms with E-state index in [0.29, 0.717) is 18.2 Å². The average molecular weight is 267 g/mol. The second-order valence-corrected chi connectivity index (χ2v) is 5.62. The van der Waals surface area contributed by atoms with Gasteiger partial charge in [0.05, 0.1) is 0 Å². The summed E-state index contributed by atoms with van der Waals surface area (Å²) in [5, 5.41) is 3.36. The van der Waals surface area contributed by atoms with Gasteiger partial charge in [0.15, 0.2) is 0 Å². The van der Waals surface area contributed by atoms with Gasteiger partial charge in [-0.2, -0.15) is 0 Å². The molecule has 0 aromatic heterocycles. The quantitative estimate of drug-likeness (QED) is 0.833. The van der Waals surface area contributed by atoms with E-state index >= 15 is 0 Å². The van der Waals surface area contributed by atoms with Crippen molar-refractivity contribution in [3.05, 3.63) is 35.4 Å². The van der Waals surface area contributed by atoms with Crippen molar-refractivity contribution in [3.8, 4) is 0 Å². The number of halogens is 2. The smallest absolute Gasteiger partial charge is 0.127 e. The molecule has 0 atom stereocenters. The Morgan fingerprint density at radius 1 is 1.16 bits per heavy atom. The van der Waals surface area contributed by atoms with Crippen molar-refractivity contribution in [2.24, 2.45) is 5.92 Å². The molecule has 0 aliphatic heterocycles. The lowest BCUT2D eigenvalue weighted by atomic mass is 9.83. The molecule has 19 heavy (non-hydrogen) atoms. The molecule has 0 unspecified atom stereocenters. The first-order chi connectivity index (χ1) is 9.19. The van der Waals surface area contributed by atoms with Crippen molar-refractivity contribution < 1.29 is 8.78 Å². The van der Waals surface area contributed by atoms with Crippen LogP contribution in [0.15, 0.2) is 18.2 Å². The first-order valence-electron chi connectivity index (χ1n) is 7.36. The number of hydrogen-bond donors (Lipinski definition) is 1. The zero-order valence-corrected chi connectivity index (χ0v) is 11.6. The van der Waals surface area contributed by atoms with Gasteiger partial charge < -0.3 is 5.32 Å². The summed E-state index contributed by atoms with van der Waals surface area (Å²) in [5.41, 5.74) is 0.427. The molecule has 1 N–H and O–H groups in total. The minimum Gasteiger partial charge on any atom is -0.310 e. The molecule has 1 aliphatic carbocycles. The van der Waals surface area contributed by atoms with Crippen molar-refractivity contribution in [1.29, 1.82) is 0 Å². The Hall–Kier alpha value is -0.960. The van der Waals surface area contributed by atoms with Crippen LogP contribution in [0.3, 0.4) is 0 Å². The predicted molar refractivity (Wildman–Crippen MR) is 73.9 cm³/mol. The van der Waals surface area contributed by atoms with Crippen molar-refractivity contribution in [1.82, 2.24) is 5.32 Å². The summed E-state index contributed by atoms with van der Waals surface area (Å²) in [6, 6.07) is 4.10. The van der Waals surface area contributed by atoms with Crippen molar-refractivity contribution in [2.75, 3.05) is 0 Å². The van der Waals surface area contributed by atoms with Crippen LogP contribution in [0, 0.1) is 17.6 Å². The molecule has 0 bridgehead atoms. The van der Waals surface area contributed by atoms with Crippen LogP contribution < -0.4 is 5.32 Å². The van der Waals surface area contributed by atoms with E-state index in [1.165, 1.54) is 37.8 Å². The molecule has 1 aromatic rings. The number of rotatable bonds is 5. The summed E-state index contributed by atoms with van der Waals surface area (Å²) in [4.78, 5) is 0. The van der Waals surface area contributed by atoms with Crippen LogP contribution in [0.25, 0.3) is 0 Å². The Bertz CT molecular complexity index is 398. The summed E-state index contributed by atoms with van der Waals surface area (Å²) < 4.78 is 26.5. The SMILES string of the molecule is CCCC1CCC(NCc2cc(F)ccc2F)CC1. The number of nitrogens with one attached hydrogen (secondary N) is 1. The van der Waals surface area contributed by atoms with Crippen LogP contribution >= 0.6 is 0 Å². The maximum atomic E-state index is 13.5. The van der Waals surface area contributed by atoms with Crippen molar-refractivity contribution in [2.45, 2.75) is 58.0 Å². The Morgan fingerprint density at radius 2 is 1.89 bits per heavy atom. The summed E-state index contributed by atoms with van der Waals surface area (Å²) in [7, 11) is 0. The van der Waals surface area contributed by atoms with Crippen LogP contribution in [0.5, 0.6) is 0 Å². The Labute approximate surface area is 114 Å². The van der Waals surface area contributed by atoms with E-state index in [1.54, 1.807) is 0 Å². The lowest BCUT2D eigenvalue weighted by molar-refractivity contribution is 0.277. The summed E-state index contributed by atoms with van der Waals surface area (Å²) >= 11 is 0. The average Bonchev–Trinajstić information content (AvgIpc) is 2.42. The molecular weight excluding hydrogens is 244 g/mol. The summed E-state index contributed by atoms with van der Waals surface area (Å²) in [6.07, 6.45) is 7.42. The molecule has 1 fully saturated rings. The van der Waals surface area contributed by atoms with Gasteiger partial charge in [0.2, 0.25) is 0 Å². The van der Waals surface area contributed by atoms with E-state index in [-0.39, 0.29) is 11.6 Å². The first kappa shape index (κ1) is 14.4. The van der Waals surface area contributed by atoms with Gasteiger partial charge in [-0.1, -0.05) is 19.8 Å². The highest BCUT2D eigenvalue weighted by molar-refractivity contribution is 5.18. The molecule has 1 nitrogen and oxygen atoms in total. The number of benzene rings is 1. The summed E-state index contributed by atoms with van der Waals surface area (Å²) in [6.45, 7) is 2.66. The Morgan fingerprint density at radius 3 is 2.58 bits per heavy atom. The molecule has 106 valence electrons. The van der Waals surface area contributed by atoms with E-state index in [1.807, 2.05) is 0 Å². The van der Waals surface area contributed by atoms with Gasteiger partial charge in [-0.15, -0.1) is 0 Å². The van der Waals surface area contributed by atoms with Gasteiger partial charge in [0.25, 0.3) is 0 Å². The summed E-state index contributed by atoms with van der Waals surface area (Å²) in [5.74, 6) is 0.173. The van der Waals surface area contributed by atoms with E-state index in [9.17, 15) is 8.78 Å². The third-order valence-electron chi connectivity index (χ3n) is 4.13. The highest BCUT2D eigenvalue weighted by Gasteiger charge is 2.20. The second-order valence-electron chi connectivity index (χ2n) is 5.62. The maximum Gasteiger partial charge on any atom is 0.127 e. The lowest BCUT2D eigenvalue weighted by Crippen LogP contribution is -2.33. The third-order valence-corrected chi connectivity index (χ3v) is 4.13. The molecule has 0 spiro atoms. The molecule has 0 saturated heterocycles. The zero-order valence-electron chi connectivity index (χ0n) is 11.6. The van der Waals surface area contributed by atoms with Gasteiger partial charge in [-0.05, 0) is 49.8 Å². The standard InChI is InChI=1S/C16H23F2N/c1-2-3-12-4-7-15(8-5-12)19-11-13-10-14(17)6-9-16(13)18/h6,9-10,12,15,19H,2-5,7-8,11H2,1H3. The van der Waals surface area contributed by atoms with Crippen LogP contribution in [-0.4, -0.2) is 6.04 Å². The molecule has 0 heterocycles. The Kier molecular flexibility index (Phi) is 5.32. The van der Waals surface area contributed by atoms with Gasteiger partial charge in [0, 0.05) is 18.2 Å². The van der Waals surface area contributed by atoms with Gasteiger partial charge in [-0.3, -0.25) is 0 Å². The largest absolute Gasteiger partial charge is 0.310 e. The van der Waals surface area contributed by atoms with Crippen molar-refractivity contribution >= 4 is 0 Å². The Balaban J connectivity index is 1.79. The van der Waals surface area contributed by atoms with Crippen LogP contribution in [0.4, 0.5) is 8.78 Å². The van der Waals surface area contributed by atoms with Crippen LogP contribution in [0.1, 0.15) is 51.0 Å². The van der Waals surface area contributed by atoms with Crippen LogP contribution in [-0.2, 0) is 6.54 Å². The van der Waals surface area contributed by atoms with Gasteiger partial charge in [-0.25, -0.2) is 8.78 Å². The predicted octanol–water partition coefficient (Wildman–Crippen LogP) is 4.41. The molecule has 0 radical (unpaired) electrons. The lowest BCUT2D eigenvalue weighted by Gasteiger charge is -2.29. The molecule has 1 aliphatic rings. The minimum absolute atomic E-state index is 0.325. The van der Waals surface area contributed by atoms with Gasteiger partial charge in [0.1, 0.15) is 11.6 Å². The fraction of sp³-hybridized carbons (Fsp3) is 0.625. The highest BCUT2D eigenvalue weighted by Crippen LogP contribution is 2.27. The topological polar surface area (TPSA) is 12.0 Å². The van der Waals surface area contributed by atoms with E-state index in [2.05, 4.69) is 12.2 Å². The second kappa shape index (κ2) is 6.99. The molecule has 1 aromatic carbocycles. The fourth-order valence-corrected chi connectivity index (χ4v) is 3.00. The molecule has 1 saturated carbocycles. The van der Waals surface area contributed by atoms with E-state index in [4.69, 9.17) is 0 Å². The number of hydrogen-bond acceptors (Lipinski definition) is 1. The zero-order chi connectivity index (χ0) is 13.7. The monoisotopic (exact) mass is 267 g/mol.